The minimum absolute atomic E-state index is 0.239. The molecule has 2 amide bonds. The first-order valence-electron chi connectivity index (χ1n) is 6.94. The quantitative estimate of drug-likeness (QED) is 0.882. The zero-order valence-corrected chi connectivity index (χ0v) is 13.6. The van der Waals surface area contributed by atoms with E-state index in [1.807, 2.05) is 0 Å². The van der Waals surface area contributed by atoms with Crippen LogP contribution in [0.4, 0.5) is 5.69 Å². The van der Waals surface area contributed by atoms with Gasteiger partial charge in [-0.2, -0.15) is 0 Å². The summed E-state index contributed by atoms with van der Waals surface area (Å²) in [5.41, 5.74) is 4.73. The molecular formula is C17H17ClN2O3. The third kappa shape index (κ3) is 4.23. The molecule has 3 N–H and O–H groups in total. The van der Waals surface area contributed by atoms with Gasteiger partial charge in [0.05, 0.1) is 11.3 Å². The van der Waals surface area contributed by atoms with E-state index in [9.17, 15) is 9.59 Å². The second-order valence-corrected chi connectivity index (χ2v) is 5.87. The number of benzene rings is 2. The molecule has 0 fully saturated rings. The van der Waals surface area contributed by atoms with Crippen molar-refractivity contribution in [2.24, 2.45) is 5.73 Å². The van der Waals surface area contributed by atoms with E-state index < -0.39 is 17.4 Å². The highest BCUT2D eigenvalue weighted by molar-refractivity contribution is 6.30. The third-order valence-electron chi connectivity index (χ3n) is 3.17. The molecule has 0 aliphatic heterocycles. The van der Waals surface area contributed by atoms with Crippen molar-refractivity contribution >= 4 is 29.1 Å². The van der Waals surface area contributed by atoms with Crippen molar-refractivity contribution in [3.8, 4) is 5.75 Å². The van der Waals surface area contributed by atoms with E-state index >= 15 is 0 Å². The molecule has 0 spiro atoms. The number of amides is 2. The van der Waals surface area contributed by atoms with E-state index in [4.69, 9.17) is 22.1 Å². The van der Waals surface area contributed by atoms with E-state index in [2.05, 4.69) is 5.32 Å². The molecule has 0 aromatic heterocycles. The lowest BCUT2D eigenvalue weighted by Crippen LogP contribution is -2.42. The Balaban J connectivity index is 2.15. The summed E-state index contributed by atoms with van der Waals surface area (Å²) in [5.74, 6) is -0.504. The average Bonchev–Trinajstić information content (AvgIpc) is 2.49. The maximum atomic E-state index is 12.5. The van der Waals surface area contributed by atoms with Gasteiger partial charge in [0.25, 0.3) is 11.8 Å². The number of primary amides is 1. The minimum Gasteiger partial charge on any atom is -0.478 e. The lowest BCUT2D eigenvalue weighted by molar-refractivity contribution is -0.128. The van der Waals surface area contributed by atoms with Crippen molar-refractivity contribution in [1.82, 2.24) is 0 Å². The molecule has 0 unspecified atom stereocenters. The Bertz CT molecular complexity index is 727. The number of carbonyl (C=O) groups is 2. The molecule has 0 aliphatic rings. The predicted molar refractivity (Wildman–Crippen MR) is 89.7 cm³/mol. The Morgan fingerprint density at radius 3 is 2.30 bits per heavy atom. The summed E-state index contributed by atoms with van der Waals surface area (Å²) >= 11 is 5.82. The van der Waals surface area contributed by atoms with E-state index in [0.717, 1.165) is 0 Å². The van der Waals surface area contributed by atoms with Gasteiger partial charge < -0.3 is 15.8 Å². The topological polar surface area (TPSA) is 81.4 Å². The van der Waals surface area contributed by atoms with E-state index in [1.54, 1.807) is 62.4 Å². The van der Waals surface area contributed by atoms with Crippen LogP contribution in [0.5, 0.6) is 5.75 Å². The van der Waals surface area contributed by atoms with Crippen LogP contribution in [0.3, 0.4) is 0 Å². The van der Waals surface area contributed by atoms with Gasteiger partial charge in [-0.25, -0.2) is 0 Å². The molecule has 2 rings (SSSR count). The van der Waals surface area contributed by atoms with Gasteiger partial charge >= 0.3 is 0 Å². The molecule has 120 valence electrons. The average molecular weight is 333 g/mol. The number of rotatable bonds is 5. The molecule has 0 bridgehead atoms. The molecule has 5 nitrogen and oxygen atoms in total. The number of hydrogen-bond acceptors (Lipinski definition) is 3. The van der Waals surface area contributed by atoms with Gasteiger partial charge in [0.2, 0.25) is 0 Å². The van der Waals surface area contributed by atoms with Crippen LogP contribution in [-0.4, -0.2) is 17.4 Å². The molecule has 0 atom stereocenters. The van der Waals surface area contributed by atoms with Crippen molar-refractivity contribution in [3.63, 3.8) is 0 Å². The van der Waals surface area contributed by atoms with Crippen molar-refractivity contribution < 1.29 is 14.3 Å². The van der Waals surface area contributed by atoms with Crippen molar-refractivity contribution in [2.45, 2.75) is 19.4 Å². The Morgan fingerprint density at radius 1 is 1.09 bits per heavy atom. The highest BCUT2D eigenvalue weighted by Crippen LogP contribution is 2.23. The molecule has 23 heavy (non-hydrogen) atoms. The molecule has 0 saturated heterocycles. The van der Waals surface area contributed by atoms with Crippen LogP contribution in [0.2, 0.25) is 5.02 Å². The van der Waals surface area contributed by atoms with E-state index in [-0.39, 0.29) is 5.56 Å². The molecule has 0 radical (unpaired) electrons. The minimum atomic E-state index is -1.15. The summed E-state index contributed by atoms with van der Waals surface area (Å²) in [4.78, 5) is 23.9. The number of ether oxygens (including phenoxy) is 1. The zero-order valence-electron chi connectivity index (χ0n) is 12.8. The smallest absolute Gasteiger partial charge is 0.267 e. The normalized spacial score (nSPS) is 10.9. The van der Waals surface area contributed by atoms with Crippen LogP contribution in [0.15, 0.2) is 48.5 Å². The first-order valence-corrected chi connectivity index (χ1v) is 7.32. The second-order valence-electron chi connectivity index (χ2n) is 5.43. The molecular weight excluding hydrogens is 316 g/mol. The summed E-state index contributed by atoms with van der Waals surface area (Å²) < 4.78 is 5.70. The van der Waals surface area contributed by atoms with Crippen molar-refractivity contribution in [2.75, 3.05) is 5.32 Å². The molecule has 0 saturated carbocycles. The molecule has 2 aromatic carbocycles. The highest BCUT2D eigenvalue weighted by Gasteiger charge is 2.30. The Labute approximate surface area is 139 Å². The molecule has 0 aliphatic carbocycles. The number of nitrogens with two attached hydrogens (primary N) is 1. The first kappa shape index (κ1) is 16.8. The van der Waals surface area contributed by atoms with Gasteiger partial charge in [0.15, 0.2) is 5.60 Å². The third-order valence-corrected chi connectivity index (χ3v) is 3.43. The fourth-order valence-corrected chi connectivity index (χ4v) is 2.05. The SMILES string of the molecule is CC(C)(Oc1ccc(Cl)cc1)C(=O)Nc1ccccc1C(N)=O. The Hall–Kier alpha value is -2.53. The number of para-hydroxylation sites is 1. The number of halogens is 1. The lowest BCUT2D eigenvalue weighted by atomic mass is 10.1. The lowest BCUT2D eigenvalue weighted by Gasteiger charge is -2.25. The standard InChI is InChI=1S/C17H17ClN2O3/c1-17(2,23-12-9-7-11(18)8-10-12)16(22)20-14-6-4-3-5-13(14)15(19)21/h3-10H,1-2H3,(H2,19,21)(H,20,22). The van der Waals surface area contributed by atoms with Gasteiger partial charge in [-0.1, -0.05) is 23.7 Å². The van der Waals surface area contributed by atoms with Crippen molar-refractivity contribution in [1.29, 1.82) is 0 Å². The van der Waals surface area contributed by atoms with Gasteiger partial charge in [0.1, 0.15) is 5.75 Å². The Morgan fingerprint density at radius 2 is 1.70 bits per heavy atom. The fourth-order valence-electron chi connectivity index (χ4n) is 1.92. The number of nitrogens with one attached hydrogen (secondary N) is 1. The van der Waals surface area contributed by atoms with E-state index in [1.165, 1.54) is 0 Å². The largest absolute Gasteiger partial charge is 0.478 e. The highest BCUT2D eigenvalue weighted by atomic mass is 35.5. The summed E-state index contributed by atoms with van der Waals surface area (Å²) in [7, 11) is 0. The van der Waals surface area contributed by atoms with Crippen LogP contribution in [-0.2, 0) is 4.79 Å². The van der Waals surface area contributed by atoms with Gasteiger partial charge in [-0.3, -0.25) is 9.59 Å². The van der Waals surface area contributed by atoms with E-state index in [0.29, 0.717) is 16.5 Å². The summed E-state index contributed by atoms with van der Waals surface area (Å²) in [6, 6.07) is 13.2. The zero-order chi connectivity index (χ0) is 17.0. The summed E-state index contributed by atoms with van der Waals surface area (Å²) in [6.45, 7) is 3.26. The first-order chi connectivity index (χ1) is 10.8. The number of anilines is 1. The van der Waals surface area contributed by atoms with Gasteiger partial charge in [-0.15, -0.1) is 0 Å². The molecule has 6 heteroatoms. The number of hydrogen-bond donors (Lipinski definition) is 2. The Kier molecular flexibility index (Phi) is 4.91. The maximum Gasteiger partial charge on any atom is 0.267 e. The predicted octanol–water partition coefficient (Wildman–Crippen LogP) is 3.24. The van der Waals surface area contributed by atoms with Crippen LogP contribution in [0.1, 0.15) is 24.2 Å². The number of carbonyl (C=O) groups excluding carboxylic acids is 2. The van der Waals surface area contributed by atoms with Crippen molar-refractivity contribution in [3.05, 3.63) is 59.1 Å². The molecule has 2 aromatic rings. The van der Waals surface area contributed by atoms with Crippen LogP contribution in [0, 0.1) is 0 Å². The van der Waals surface area contributed by atoms with Crippen LogP contribution in [0.25, 0.3) is 0 Å². The second kappa shape index (κ2) is 6.71. The maximum absolute atomic E-state index is 12.5. The van der Waals surface area contributed by atoms with Crippen LogP contribution >= 0.6 is 11.6 Å². The monoisotopic (exact) mass is 332 g/mol. The summed E-state index contributed by atoms with van der Waals surface area (Å²) in [5, 5.41) is 3.25. The molecule has 0 heterocycles. The van der Waals surface area contributed by atoms with Gasteiger partial charge in [-0.05, 0) is 50.2 Å². The van der Waals surface area contributed by atoms with Crippen LogP contribution < -0.4 is 15.8 Å². The fraction of sp³-hybridized carbons (Fsp3) is 0.176. The van der Waals surface area contributed by atoms with Gasteiger partial charge in [0, 0.05) is 5.02 Å². The summed E-state index contributed by atoms with van der Waals surface area (Å²) in [6.07, 6.45) is 0.